The van der Waals surface area contributed by atoms with Gasteiger partial charge in [-0.3, -0.25) is 0 Å². The third kappa shape index (κ3) is 3.64. The van der Waals surface area contributed by atoms with Gasteiger partial charge in [-0.15, -0.1) is 0 Å². The second-order valence-corrected chi connectivity index (χ2v) is 6.57. The predicted molar refractivity (Wildman–Crippen MR) is 78.7 cm³/mol. The van der Waals surface area contributed by atoms with Crippen LogP contribution in [0.3, 0.4) is 0 Å². The number of hydrogen-bond acceptors (Lipinski definition) is 5. The molecule has 21 heavy (non-hydrogen) atoms. The topological polar surface area (TPSA) is 111 Å². The van der Waals surface area contributed by atoms with Crippen molar-refractivity contribution < 1.29 is 17.9 Å². The number of fused-ring (bicyclic) bond motifs is 1. The van der Waals surface area contributed by atoms with Gasteiger partial charge in [0.25, 0.3) is 0 Å². The molecule has 4 N–H and O–H groups in total. The third-order valence-corrected chi connectivity index (χ3v) is 4.86. The minimum absolute atomic E-state index is 0.0125. The number of carbonyl (C=O) groups excluding carboxylic acids is 1. The van der Waals surface area contributed by atoms with Gasteiger partial charge in [0, 0.05) is 18.8 Å². The first-order chi connectivity index (χ1) is 9.92. The number of nitrogens with two attached hydrogens (primary N) is 1. The van der Waals surface area contributed by atoms with Crippen LogP contribution in [0.5, 0.6) is 0 Å². The van der Waals surface area contributed by atoms with Gasteiger partial charge in [-0.2, -0.15) is 0 Å². The molecule has 0 bridgehead atoms. The van der Waals surface area contributed by atoms with Crippen molar-refractivity contribution in [2.75, 3.05) is 25.0 Å². The molecule has 2 rings (SSSR count). The van der Waals surface area contributed by atoms with Gasteiger partial charge in [-0.25, -0.2) is 17.9 Å². The van der Waals surface area contributed by atoms with E-state index in [-0.39, 0.29) is 18.0 Å². The summed E-state index contributed by atoms with van der Waals surface area (Å²) in [6, 6.07) is 3.39. The number of nitrogens with one attached hydrogen (secondary N) is 2. The van der Waals surface area contributed by atoms with Crippen LogP contribution in [0.15, 0.2) is 17.0 Å². The van der Waals surface area contributed by atoms with Gasteiger partial charge >= 0.3 is 6.09 Å². The first-order valence-corrected chi connectivity index (χ1v) is 8.18. The summed E-state index contributed by atoms with van der Waals surface area (Å²) in [6.45, 7) is 2.68. The number of benzene rings is 1. The average Bonchev–Trinajstić information content (AvgIpc) is 2.44. The summed E-state index contributed by atoms with van der Waals surface area (Å²) in [4.78, 5) is 10.7. The van der Waals surface area contributed by atoms with Gasteiger partial charge in [0.05, 0.1) is 4.90 Å². The van der Waals surface area contributed by atoms with E-state index < -0.39 is 16.1 Å². The number of carbonyl (C=O) groups is 1. The Morgan fingerprint density at radius 2 is 2.24 bits per heavy atom. The monoisotopic (exact) mass is 313 g/mol. The summed E-state index contributed by atoms with van der Waals surface area (Å²) in [5.74, 6) is 0. The first kappa shape index (κ1) is 15.6. The highest BCUT2D eigenvalue weighted by molar-refractivity contribution is 7.89. The molecule has 0 spiro atoms. The molecule has 1 aliphatic rings. The molecule has 0 radical (unpaired) electrons. The predicted octanol–water partition coefficient (Wildman–Crippen LogP) is 0.727. The third-order valence-electron chi connectivity index (χ3n) is 3.31. The molecule has 8 heteroatoms. The zero-order valence-electron chi connectivity index (χ0n) is 11.8. The van der Waals surface area contributed by atoms with Crippen molar-refractivity contribution in [3.63, 3.8) is 0 Å². The maximum Gasteiger partial charge on any atom is 0.404 e. The Bertz CT molecular complexity index is 643. The molecule has 1 heterocycles. The largest absolute Gasteiger partial charge is 0.448 e. The van der Waals surface area contributed by atoms with E-state index in [4.69, 9.17) is 5.73 Å². The van der Waals surface area contributed by atoms with E-state index >= 15 is 0 Å². The van der Waals surface area contributed by atoms with Crippen molar-refractivity contribution in [3.8, 4) is 0 Å². The fourth-order valence-corrected chi connectivity index (χ4v) is 3.66. The van der Waals surface area contributed by atoms with Crippen LogP contribution in [0.2, 0.25) is 0 Å². The maximum atomic E-state index is 12.3. The van der Waals surface area contributed by atoms with E-state index in [2.05, 4.69) is 14.8 Å². The summed E-state index contributed by atoms with van der Waals surface area (Å²) in [7, 11) is -3.64. The summed E-state index contributed by atoms with van der Waals surface area (Å²) in [5, 5.41) is 3.25. The van der Waals surface area contributed by atoms with Crippen LogP contribution in [0, 0.1) is 6.92 Å². The van der Waals surface area contributed by atoms with Crippen LogP contribution in [0.25, 0.3) is 0 Å². The summed E-state index contributed by atoms with van der Waals surface area (Å²) < 4.78 is 31.6. The highest BCUT2D eigenvalue weighted by Gasteiger charge is 2.23. The molecule has 0 aromatic heterocycles. The van der Waals surface area contributed by atoms with Gasteiger partial charge < -0.3 is 15.8 Å². The molecule has 0 aliphatic carbocycles. The zero-order chi connectivity index (χ0) is 15.5. The fraction of sp³-hybridized carbons (Fsp3) is 0.462. The number of rotatable bonds is 5. The Morgan fingerprint density at radius 1 is 1.48 bits per heavy atom. The molecule has 0 atom stereocenters. The SMILES string of the molecule is Cc1ccc(S(=O)(=O)NCCOC(N)=O)c2c1NCCC2. The number of primary amides is 1. The Morgan fingerprint density at radius 3 is 2.95 bits per heavy atom. The van der Waals surface area contributed by atoms with Gasteiger partial charge in [-0.1, -0.05) is 6.07 Å². The molecule has 1 aromatic rings. The van der Waals surface area contributed by atoms with Crippen molar-refractivity contribution in [1.82, 2.24) is 4.72 Å². The average molecular weight is 313 g/mol. The Balaban J connectivity index is 2.18. The van der Waals surface area contributed by atoms with E-state index in [9.17, 15) is 13.2 Å². The molecule has 7 nitrogen and oxygen atoms in total. The van der Waals surface area contributed by atoms with Gasteiger partial charge in [-0.05, 0) is 37.0 Å². The molecule has 0 saturated heterocycles. The normalized spacial score (nSPS) is 14.1. The first-order valence-electron chi connectivity index (χ1n) is 6.70. The molecular formula is C13H19N3O4S. The molecule has 1 aliphatic heterocycles. The van der Waals surface area contributed by atoms with Crippen molar-refractivity contribution in [1.29, 1.82) is 0 Å². The highest BCUT2D eigenvalue weighted by atomic mass is 32.2. The van der Waals surface area contributed by atoms with E-state index in [1.54, 1.807) is 12.1 Å². The van der Waals surface area contributed by atoms with Crippen molar-refractivity contribution >= 4 is 21.8 Å². The number of sulfonamides is 1. The number of hydrogen-bond donors (Lipinski definition) is 3. The second-order valence-electron chi connectivity index (χ2n) is 4.83. The minimum Gasteiger partial charge on any atom is -0.448 e. The second kappa shape index (κ2) is 6.31. The standard InChI is InChI=1S/C13H19N3O4S/c1-9-4-5-11(10-3-2-6-15-12(9)10)21(18,19)16-7-8-20-13(14)17/h4-5,15-16H,2-3,6-8H2,1H3,(H2,14,17). The quantitative estimate of drug-likeness (QED) is 0.694. The van der Waals surface area contributed by atoms with E-state index in [1.165, 1.54) is 0 Å². The lowest BCUT2D eigenvalue weighted by molar-refractivity contribution is 0.159. The molecule has 0 fully saturated rings. The maximum absolute atomic E-state index is 12.3. The van der Waals surface area contributed by atoms with Crippen molar-refractivity contribution in [2.24, 2.45) is 5.73 Å². The van der Waals surface area contributed by atoms with Crippen molar-refractivity contribution in [3.05, 3.63) is 23.3 Å². The molecule has 1 aromatic carbocycles. The smallest absolute Gasteiger partial charge is 0.404 e. The molecule has 0 unspecified atom stereocenters. The van der Waals surface area contributed by atoms with Crippen LogP contribution in [0.4, 0.5) is 10.5 Å². The lowest BCUT2D eigenvalue weighted by Gasteiger charge is -2.23. The lowest BCUT2D eigenvalue weighted by Crippen LogP contribution is -2.30. The Kier molecular flexibility index (Phi) is 4.69. The lowest BCUT2D eigenvalue weighted by atomic mass is 10.00. The summed E-state index contributed by atoms with van der Waals surface area (Å²) in [6.07, 6.45) is 0.688. The van der Waals surface area contributed by atoms with E-state index in [1.807, 2.05) is 6.92 Å². The van der Waals surface area contributed by atoms with Crippen LogP contribution in [-0.2, 0) is 21.2 Å². The number of aryl methyl sites for hydroxylation is 1. The van der Waals surface area contributed by atoms with Crippen LogP contribution in [-0.4, -0.2) is 34.2 Å². The van der Waals surface area contributed by atoms with Crippen molar-refractivity contribution in [2.45, 2.75) is 24.7 Å². The van der Waals surface area contributed by atoms with E-state index in [0.29, 0.717) is 0 Å². The minimum atomic E-state index is -3.64. The molecule has 116 valence electrons. The molecule has 1 amide bonds. The molecular weight excluding hydrogens is 294 g/mol. The van der Waals surface area contributed by atoms with Gasteiger partial charge in [0.1, 0.15) is 6.61 Å². The van der Waals surface area contributed by atoms with Gasteiger partial charge in [0.2, 0.25) is 10.0 Å². The van der Waals surface area contributed by atoms with Crippen LogP contribution < -0.4 is 15.8 Å². The fourth-order valence-electron chi connectivity index (χ4n) is 2.38. The summed E-state index contributed by atoms with van der Waals surface area (Å²) >= 11 is 0. The summed E-state index contributed by atoms with van der Waals surface area (Å²) in [5.41, 5.74) is 7.55. The number of anilines is 1. The number of ether oxygens (including phenoxy) is 1. The van der Waals surface area contributed by atoms with Gasteiger partial charge in [0.15, 0.2) is 0 Å². The molecule has 0 saturated carbocycles. The van der Waals surface area contributed by atoms with E-state index in [0.717, 1.165) is 36.2 Å². The Hall–Kier alpha value is -1.80. The zero-order valence-corrected chi connectivity index (χ0v) is 12.6. The van der Waals surface area contributed by atoms with Crippen LogP contribution in [0.1, 0.15) is 17.5 Å². The Labute approximate surface area is 123 Å². The highest BCUT2D eigenvalue weighted by Crippen LogP contribution is 2.31. The number of amides is 1. The van der Waals surface area contributed by atoms with Crippen LogP contribution >= 0.6 is 0 Å².